The molecule has 0 aromatic carbocycles. The highest BCUT2D eigenvalue weighted by Gasteiger charge is 2.22. The minimum absolute atomic E-state index is 0.524. The summed E-state index contributed by atoms with van der Waals surface area (Å²) < 4.78 is 14.0. The van der Waals surface area contributed by atoms with Crippen LogP contribution in [-0.2, 0) is 29.5 Å². The first-order valence-electron chi connectivity index (χ1n) is 6.45. The van der Waals surface area contributed by atoms with Gasteiger partial charge in [0, 0.05) is 36.2 Å². The largest absolute Gasteiger partial charge is 0.316 e. The minimum Gasteiger partial charge on any atom is -0.316 e. The van der Waals surface area contributed by atoms with E-state index in [4.69, 9.17) is 11.6 Å². The highest BCUT2D eigenvalue weighted by atomic mass is 35.5. The quantitative estimate of drug-likeness (QED) is 0.865. The standard InChI is InChI=1S/C12H20ClN3OS/c1-3-10-12(13)11(16(4-2)15-10)8-18(17)7-9-5-14-6-9/h9,14H,3-8H2,1-2H3. The van der Waals surface area contributed by atoms with Gasteiger partial charge in [0.15, 0.2) is 0 Å². The number of rotatable bonds is 6. The maximum atomic E-state index is 12.1. The second-order valence-corrected chi connectivity index (χ2v) is 6.53. The third-order valence-electron chi connectivity index (χ3n) is 3.28. The Morgan fingerprint density at radius 2 is 2.22 bits per heavy atom. The zero-order valence-corrected chi connectivity index (χ0v) is 12.5. The molecule has 0 saturated carbocycles. The molecule has 102 valence electrons. The summed E-state index contributed by atoms with van der Waals surface area (Å²) >= 11 is 6.31. The van der Waals surface area contributed by atoms with Crippen LogP contribution < -0.4 is 5.32 Å². The number of aryl methyl sites for hydroxylation is 2. The van der Waals surface area contributed by atoms with Gasteiger partial charge in [0.05, 0.1) is 22.2 Å². The molecule has 1 aromatic rings. The topological polar surface area (TPSA) is 46.9 Å². The van der Waals surface area contributed by atoms with Gasteiger partial charge in [-0.1, -0.05) is 18.5 Å². The number of hydrogen-bond acceptors (Lipinski definition) is 3. The lowest BCUT2D eigenvalue weighted by molar-refractivity contribution is 0.382. The normalized spacial score (nSPS) is 17.7. The Labute approximate surface area is 116 Å². The molecule has 18 heavy (non-hydrogen) atoms. The second-order valence-electron chi connectivity index (χ2n) is 4.65. The molecule has 1 aliphatic heterocycles. The summed E-state index contributed by atoms with van der Waals surface area (Å²) in [6.45, 7) is 6.83. The van der Waals surface area contributed by atoms with Crippen molar-refractivity contribution in [1.29, 1.82) is 0 Å². The van der Waals surface area contributed by atoms with Crippen LogP contribution in [0.25, 0.3) is 0 Å². The molecule has 1 atom stereocenters. The first-order valence-corrected chi connectivity index (χ1v) is 8.32. The highest BCUT2D eigenvalue weighted by molar-refractivity contribution is 7.84. The average Bonchev–Trinajstić information content (AvgIpc) is 2.61. The summed E-state index contributed by atoms with van der Waals surface area (Å²) in [5, 5.41) is 8.36. The Morgan fingerprint density at radius 1 is 1.50 bits per heavy atom. The Morgan fingerprint density at radius 3 is 2.72 bits per heavy atom. The fourth-order valence-corrected chi connectivity index (χ4v) is 3.99. The van der Waals surface area contributed by atoms with Gasteiger partial charge in [-0.05, 0) is 19.3 Å². The Bertz CT molecular complexity index is 443. The van der Waals surface area contributed by atoms with E-state index < -0.39 is 10.8 Å². The van der Waals surface area contributed by atoms with Crippen molar-refractivity contribution in [2.75, 3.05) is 18.8 Å². The van der Waals surface area contributed by atoms with E-state index in [9.17, 15) is 4.21 Å². The number of nitrogens with one attached hydrogen (secondary N) is 1. The molecule has 0 bridgehead atoms. The van der Waals surface area contributed by atoms with Crippen molar-refractivity contribution in [2.45, 2.75) is 32.6 Å². The number of halogens is 1. The molecule has 1 aliphatic rings. The van der Waals surface area contributed by atoms with Crippen molar-refractivity contribution in [3.63, 3.8) is 0 Å². The summed E-state index contributed by atoms with van der Waals surface area (Å²) in [6.07, 6.45) is 0.817. The molecule has 0 spiro atoms. The third kappa shape index (κ3) is 2.95. The minimum atomic E-state index is -0.846. The zero-order valence-electron chi connectivity index (χ0n) is 10.9. The second kappa shape index (κ2) is 6.17. The van der Waals surface area contributed by atoms with Gasteiger partial charge < -0.3 is 5.32 Å². The predicted octanol–water partition coefficient (Wildman–Crippen LogP) is 1.59. The van der Waals surface area contributed by atoms with Gasteiger partial charge in [0.25, 0.3) is 0 Å². The maximum Gasteiger partial charge on any atom is 0.0859 e. The molecule has 1 saturated heterocycles. The van der Waals surface area contributed by atoms with Crippen molar-refractivity contribution in [3.05, 3.63) is 16.4 Å². The van der Waals surface area contributed by atoms with Gasteiger partial charge in [0.1, 0.15) is 0 Å². The summed E-state index contributed by atoms with van der Waals surface area (Å²) in [5.41, 5.74) is 1.84. The molecule has 4 nitrogen and oxygen atoms in total. The molecular weight excluding hydrogens is 270 g/mol. The highest BCUT2D eigenvalue weighted by Crippen LogP contribution is 2.23. The molecule has 1 fully saturated rings. The number of hydrogen-bond donors (Lipinski definition) is 1. The van der Waals surface area contributed by atoms with Crippen molar-refractivity contribution >= 4 is 22.4 Å². The lowest BCUT2D eigenvalue weighted by atomic mass is 10.1. The van der Waals surface area contributed by atoms with E-state index in [-0.39, 0.29) is 0 Å². The van der Waals surface area contributed by atoms with Gasteiger partial charge in [-0.3, -0.25) is 8.89 Å². The van der Waals surface area contributed by atoms with E-state index in [1.165, 1.54) is 0 Å². The Balaban J connectivity index is 2.06. The van der Waals surface area contributed by atoms with E-state index in [0.717, 1.165) is 43.2 Å². The first kappa shape index (κ1) is 14.0. The van der Waals surface area contributed by atoms with Crippen molar-refractivity contribution in [1.82, 2.24) is 15.1 Å². The van der Waals surface area contributed by atoms with Gasteiger partial charge in [-0.15, -0.1) is 0 Å². The molecule has 2 heterocycles. The van der Waals surface area contributed by atoms with E-state index in [1.807, 2.05) is 18.5 Å². The fraction of sp³-hybridized carbons (Fsp3) is 0.750. The lowest BCUT2D eigenvalue weighted by Gasteiger charge is -2.26. The smallest absolute Gasteiger partial charge is 0.0859 e. The van der Waals surface area contributed by atoms with Gasteiger partial charge in [-0.25, -0.2) is 0 Å². The van der Waals surface area contributed by atoms with Gasteiger partial charge in [0.2, 0.25) is 0 Å². The number of nitrogens with zero attached hydrogens (tertiary/aromatic N) is 2. The summed E-state index contributed by atoms with van der Waals surface area (Å²) in [5.74, 6) is 1.85. The van der Waals surface area contributed by atoms with Crippen LogP contribution in [-0.4, -0.2) is 32.8 Å². The monoisotopic (exact) mass is 289 g/mol. The van der Waals surface area contributed by atoms with E-state index in [0.29, 0.717) is 16.7 Å². The molecule has 2 rings (SSSR count). The van der Waals surface area contributed by atoms with Crippen LogP contribution in [0.15, 0.2) is 0 Å². The molecule has 1 aromatic heterocycles. The van der Waals surface area contributed by atoms with E-state index >= 15 is 0 Å². The third-order valence-corrected chi connectivity index (χ3v) is 5.15. The molecule has 6 heteroatoms. The molecule has 1 N–H and O–H groups in total. The molecular formula is C12H20ClN3OS. The van der Waals surface area contributed by atoms with Crippen LogP contribution in [0, 0.1) is 5.92 Å². The summed E-state index contributed by atoms with van der Waals surface area (Å²) in [4.78, 5) is 0. The molecule has 0 radical (unpaired) electrons. The van der Waals surface area contributed by atoms with Crippen LogP contribution in [0.3, 0.4) is 0 Å². The van der Waals surface area contributed by atoms with Crippen molar-refractivity contribution in [2.24, 2.45) is 5.92 Å². The van der Waals surface area contributed by atoms with Gasteiger partial charge >= 0.3 is 0 Å². The van der Waals surface area contributed by atoms with Crippen LogP contribution in [0.1, 0.15) is 25.2 Å². The van der Waals surface area contributed by atoms with Crippen LogP contribution in [0.4, 0.5) is 0 Å². The summed E-state index contributed by atoms with van der Waals surface area (Å²) in [6, 6.07) is 0. The van der Waals surface area contributed by atoms with Crippen molar-refractivity contribution in [3.8, 4) is 0 Å². The lowest BCUT2D eigenvalue weighted by Crippen LogP contribution is -2.44. The van der Waals surface area contributed by atoms with E-state index in [1.54, 1.807) is 0 Å². The van der Waals surface area contributed by atoms with Crippen molar-refractivity contribution < 1.29 is 4.21 Å². The average molecular weight is 290 g/mol. The van der Waals surface area contributed by atoms with E-state index in [2.05, 4.69) is 10.4 Å². The molecule has 0 amide bonds. The fourth-order valence-electron chi connectivity index (χ4n) is 2.10. The molecule has 0 aliphatic carbocycles. The Hall–Kier alpha value is -0.390. The van der Waals surface area contributed by atoms with Crippen LogP contribution in [0.2, 0.25) is 5.02 Å². The number of aromatic nitrogens is 2. The maximum absolute atomic E-state index is 12.1. The predicted molar refractivity (Wildman–Crippen MR) is 75.4 cm³/mol. The van der Waals surface area contributed by atoms with Crippen LogP contribution >= 0.6 is 11.6 Å². The SMILES string of the molecule is CCc1nn(CC)c(CS(=O)CC2CNC2)c1Cl. The zero-order chi connectivity index (χ0) is 13.1. The van der Waals surface area contributed by atoms with Crippen LogP contribution in [0.5, 0.6) is 0 Å². The van der Waals surface area contributed by atoms with Gasteiger partial charge in [-0.2, -0.15) is 5.10 Å². The first-order chi connectivity index (χ1) is 8.65. The summed E-state index contributed by atoms with van der Waals surface area (Å²) in [7, 11) is -0.846. The molecule has 1 unspecified atom stereocenters. The Kier molecular flexibility index (Phi) is 4.81.